The van der Waals surface area contributed by atoms with E-state index >= 15 is 0 Å². The van der Waals surface area contributed by atoms with Crippen molar-refractivity contribution >= 4 is 5.91 Å². The lowest BCUT2D eigenvalue weighted by molar-refractivity contribution is -0.121. The van der Waals surface area contributed by atoms with Crippen molar-refractivity contribution in [3.05, 3.63) is 88.0 Å². The minimum atomic E-state index is -0.359. The van der Waals surface area contributed by atoms with Gasteiger partial charge in [-0.15, -0.1) is 0 Å². The predicted octanol–water partition coefficient (Wildman–Crippen LogP) is 3.32. The number of aryl methyl sites for hydroxylation is 2. The molecule has 0 bridgehead atoms. The van der Waals surface area contributed by atoms with Crippen molar-refractivity contribution in [3.8, 4) is 11.3 Å². The van der Waals surface area contributed by atoms with Gasteiger partial charge in [0.05, 0.1) is 12.2 Å². The van der Waals surface area contributed by atoms with Crippen LogP contribution in [0.25, 0.3) is 11.3 Å². The summed E-state index contributed by atoms with van der Waals surface area (Å²) in [6.45, 7) is 2.35. The molecule has 0 unspecified atom stereocenters. The van der Waals surface area contributed by atoms with E-state index in [1.54, 1.807) is 24.3 Å². The molecule has 0 saturated carbocycles. The van der Waals surface area contributed by atoms with E-state index in [9.17, 15) is 14.0 Å². The van der Waals surface area contributed by atoms with Crippen molar-refractivity contribution in [3.63, 3.8) is 0 Å². The highest BCUT2D eigenvalue weighted by Gasteiger charge is 2.08. The lowest BCUT2D eigenvalue weighted by atomic mass is 10.1. The van der Waals surface area contributed by atoms with E-state index < -0.39 is 0 Å². The largest absolute Gasteiger partial charge is 0.352 e. The van der Waals surface area contributed by atoms with Crippen LogP contribution in [0.4, 0.5) is 4.39 Å². The first-order valence-electron chi connectivity index (χ1n) is 9.24. The molecule has 0 aliphatic carbocycles. The molecule has 0 fully saturated rings. The summed E-state index contributed by atoms with van der Waals surface area (Å²) in [5.41, 5.74) is 2.96. The summed E-state index contributed by atoms with van der Waals surface area (Å²) in [4.78, 5) is 24.1. The lowest BCUT2D eigenvalue weighted by Crippen LogP contribution is -2.28. The predicted molar refractivity (Wildman–Crippen MR) is 106 cm³/mol. The van der Waals surface area contributed by atoms with Crippen LogP contribution in [0.1, 0.15) is 24.5 Å². The van der Waals surface area contributed by atoms with Gasteiger partial charge < -0.3 is 5.32 Å². The molecule has 28 heavy (non-hydrogen) atoms. The number of aromatic nitrogens is 2. The SMILES string of the molecule is CCc1ccc(-c2ccc(=O)n(CCC(=O)NCc3ccccc3F)n2)cc1. The normalized spacial score (nSPS) is 10.6. The van der Waals surface area contributed by atoms with Gasteiger partial charge >= 0.3 is 0 Å². The maximum atomic E-state index is 13.6. The van der Waals surface area contributed by atoms with Crippen LogP contribution < -0.4 is 10.9 Å². The van der Waals surface area contributed by atoms with Crippen molar-refractivity contribution in [1.29, 1.82) is 0 Å². The number of rotatable bonds is 7. The third-order valence-corrected chi connectivity index (χ3v) is 4.51. The summed E-state index contributed by atoms with van der Waals surface area (Å²) in [5, 5.41) is 7.03. The number of carbonyl (C=O) groups excluding carboxylic acids is 1. The molecule has 5 nitrogen and oxygen atoms in total. The molecule has 1 amide bonds. The minimum absolute atomic E-state index is 0.0829. The maximum absolute atomic E-state index is 13.6. The van der Waals surface area contributed by atoms with Crippen LogP contribution in [-0.2, 0) is 24.3 Å². The molecule has 3 rings (SSSR count). The summed E-state index contributed by atoms with van der Waals surface area (Å²) in [7, 11) is 0. The van der Waals surface area contributed by atoms with Crippen LogP contribution >= 0.6 is 0 Å². The number of carbonyl (C=O) groups is 1. The molecule has 1 heterocycles. The van der Waals surface area contributed by atoms with Crippen LogP contribution in [-0.4, -0.2) is 15.7 Å². The van der Waals surface area contributed by atoms with Gasteiger partial charge in [0.1, 0.15) is 5.82 Å². The Balaban J connectivity index is 1.62. The Hall–Kier alpha value is -3.28. The second kappa shape index (κ2) is 9.08. The molecule has 0 spiro atoms. The van der Waals surface area contributed by atoms with Crippen LogP contribution in [0.5, 0.6) is 0 Å². The Morgan fingerprint density at radius 3 is 2.54 bits per heavy atom. The Morgan fingerprint density at radius 2 is 1.82 bits per heavy atom. The first-order valence-corrected chi connectivity index (χ1v) is 9.24. The number of hydrogen-bond acceptors (Lipinski definition) is 3. The van der Waals surface area contributed by atoms with Gasteiger partial charge in [-0.05, 0) is 24.1 Å². The van der Waals surface area contributed by atoms with E-state index in [1.807, 2.05) is 24.3 Å². The zero-order chi connectivity index (χ0) is 19.9. The minimum Gasteiger partial charge on any atom is -0.352 e. The number of hydrogen-bond donors (Lipinski definition) is 1. The fourth-order valence-corrected chi connectivity index (χ4v) is 2.81. The molecule has 0 aliphatic heterocycles. The van der Waals surface area contributed by atoms with E-state index in [0.717, 1.165) is 12.0 Å². The fourth-order valence-electron chi connectivity index (χ4n) is 2.81. The van der Waals surface area contributed by atoms with Gasteiger partial charge in [-0.2, -0.15) is 5.10 Å². The van der Waals surface area contributed by atoms with Crippen LogP contribution in [0, 0.1) is 5.82 Å². The number of halogens is 1. The van der Waals surface area contributed by atoms with Gasteiger partial charge in [0, 0.05) is 30.2 Å². The highest BCUT2D eigenvalue weighted by atomic mass is 19.1. The number of benzene rings is 2. The Bertz CT molecular complexity index is 1010. The van der Waals surface area contributed by atoms with Gasteiger partial charge in [-0.25, -0.2) is 9.07 Å². The van der Waals surface area contributed by atoms with Gasteiger partial charge in [-0.3, -0.25) is 9.59 Å². The molecule has 144 valence electrons. The summed E-state index contributed by atoms with van der Waals surface area (Å²) in [6, 6.07) is 17.4. The Morgan fingerprint density at radius 1 is 1.07 bits per heavy atom. The average molecular weight is 379 g/mol. The second-order valence-electron chi connectivity index (χ2n) is 6.45. The first-order chi connectivity index (χ1) is 13.6. The van der Waals surface area contributed by atoms with Gasteiger partial charge in [-0.1, -0.05) is 49.4 Å². The maximum Gasteiger partial charge on any atom is 0.266 e. The lowest BCUT2D eigenvalue weighted by Gasteiger charge is -2.09. The van der Waals surface area contributed by atoms with Gasteiger partial charge in [0.25, 0.3) is 5.56 Å². The van der Waals surface area contributed by atoms with E-state index in [2.05, 4.69) is 17.3 Å². The third kappa shape index (κ3) is 4.91. The van der Waals surface area contributed by atoms with E-state index in [1.165, 1.54) is 22.4 Å². The molecule has 2 aromatic carbocycles. The number of nitrogens with one attached hydrogen (secondary N) is 1. The fraction of sp³-hybridized carbons (Fsp3) is 0.227. The van der Waals surface area contributed by atoms with E-state index in [4.69, 9.17) is 0 Å². The number of amides is 1. The van der Waals surface area contributed by atoms with Crippen molar-refractivity contribution < 1.29 is 9.18 Å². The smallest absolute Gasteiger partial charge is 0.266 e. The van der Waals surface area contributed by atoms with E-state index in [-0.39, 0.29) is 36.8 Å². The molecule has 6 heteroatoms. The highest BCUT2D eigenvalue weighted by molar-refractivity contribution is 5.75. The molecular weight excluding hydrogens is 357 g/mol. The summed E-state index contributed by atoms with van der Waals surface area (Å²) < 4.78 is 14.9. The molecule has 1 N–H and O–H groups in total. The summed E-state index contributed by atoms with van der Waals surface area (Å²) in [6.07, 6.45) is 1.04. The molecule has 1 aromatic heterocycles. The zero-order valence-corrected chi connectivity index (χ0v) is 15.7. The summed E-state index contributed by atoms with van der Waals surface area (Å²) >= 11 is 0. The molecule has 0 aliphatic rings. The topological polar surface area (TPSA) is 64.0 Å². The first kappa shape index (κ1) is 19.5. The quantitative estimate of drug-likeness (QED) is 0.685. The molecular formula is C22H22FN3O2. The standard InChI is InChI=1S/C22H22FN3O2/c1-2-16-7-9-17(10-8-16)20-11-12-22(28)26(25-20)14-13-21(27)24-15-18-5-3-4-6-19(18)23/h3-12H,2,13-15H2,1H3,(H,24,27). The Labute approximate surface area is 162 Å². The summed E-state index contributed by atoms with van der Waals surface area (Å²) in [5.74, 6) is -0.628. The van der Waals surface area contributed by atoms with Crippen molar-refractivity contribution in [2.45, 2.75) is 32.9 Å². The van der Waals surface area contributed by atoms with Crippen LogP contribution in [0.3, 0.4) is 0 Å². The van der Waals surface area contributed by atoms with Gasteiger partial charge in [0.2, 0.25) is 5.91 Å². The molecule has 3 aromatic rings. The van der Waals surface area contributed by atoms with E-state index in [0.29, 0.717) is 11.3 Å². The van der Waals surface area contributed by atoms with Gasteiger partial charge in [0.15, 0.2) is 0 Å². The second-order valence-corrected chi connectivity index (χ2v) is 6.45. The zero-order valence-electron chi connectivity index (χ0n) is 15.7. The Kier molecular flexibility index (Phi) is 6.32. The van der Waals surface area contributed by atoms with Crippen LogP contribution in [0.2, 0.25) is 0 Å². The highest BCUT2D eigenvalue weighted by Crippen LogP contribution is 2.16. The monoisotopic (exact) mass is 379 g/mol. The van der Waals surface area contributed by atoms with Crippen molar-refractivity contribution in [2.75, 3.05) is 0 Å². The molecule has 0 radical (unpaired) electrons. The van der Waals surface area contributed by atoms with Crippen LogP contribution in [0.15, 0.2) is 65.5 Å². The van der Waals surface area contributed by atoms with Crippen molar-refractivity contribution in [1.82, 2.24) is 15.1 Å². The molecule has 0 saturated heterocycles. The van der Waals surface area contributed by atoms with Crippen molar-refractivity contribution in [2.24, 2.45) is 0 Å². The molecule has 0 atom stereocenters. The third-order valence-electron chi connectivity index (χ3n) is 4.51. The average Bonchev–Trinajstić information content (AvgIpc) is 2.72. The number of nitrogens with zero attached hydrogens (tertiary/aromatic N) is 2.